The number of aromatic nitrogens is 3. The topological polar surface area (TPSA) is 78.3 Å². The molecule has 1 amide bonds. The second kappa shape index (κ2) is 9.13. The summed E-state index contributed by atoms with van der Waals surface area (Å²) in [5.41, 5.74) is 4.66. The van der Waals surface area contributed by atoms with Gasteiger partial charge in [0.1, 0.15) is 12.4 Å². The fraction of sp³-hybridized carbons (Fsp3) is 0.179. The van der Waals surface area contributed by atoms with Gasteiger partial charge in [-0.15, -0.1) is 0 Å². The molecule has 180 valence electrons. The standard InChI is InChI=1S/C28H24N4O3S/c1-17-25-20(19-11-8-13-22(34-2)26(19)35-16-18-9-4-3-5-10-18)15-24(33)30-27(25)32(31-17)28-29-21-12-6-7-14-23(21)36-28/h3-14,20H,15-16H2,1-2H3,(H,30,33)/t20-/m1/s1. The molecule has 1 aliphatic heterocycles. The number of hydrogen-bond donors (Lipinski definition) is 1. The number of para-hydroxylation sites is 2. The second-order valence-electron chi connectivity index (χ2n) is 8.68. The number of methoxy groups -OCH3 is 1. The molecule has 0 unspecified atom stereocenters. The number of thiazole rings is 1. The summed E-state index contributed by atoms with van der Waals surface area (Å²) >= 11 is 1.54. The maximum Gasteiger partial charge on any atom is 0.226 e. The number of nitrogens with zero attached hydrogens (tertiary/aromatic N) is 3. The minimum atomic E-state index is -0.238. The minimum Gasteiger partial charge on any atom is -0.493 e. The van der Waals surface area contributed by atoms with Crippen LogP contribution in [0.25, 0.3) is 15.3 Å². The molecule has 0 spiro atoms. The summed E-state index contributed by atoms with van der Waals surface area (Å²) in [4.78, 5) is 17.7. The predicted molar refractivity (Wildman–Crippen MR) is 140 cm³/mol. The summed E-state index contributed by atoms with van der Waals surface area (Å²) in [7, 11) is 1.63. The summed E-state index contributed by atoms with van der Waals surface area (Å²) in [5, 5.41) is 8.58. The largest absolute Gasteiger partial charge is 0.493 e. The second-order valence-corrected chi connectivity index (χ2v) is 9.69. The van der Waals surface area contributed by atoms with Crippen LogP contribution in [0.1, 0.15) is 34.7 Å². The quantitative estimate of drug-likeness (QED) is 0.319. The van der Waals surface area contributed by atoms with Gasteiger partial charge in [-0.25, -0.2) is 4.98 Å². The van der Waals surface area contributed by atoms with E-state index in [0.29, 0.717) is 29.1 Å². The first kappa shape index (κ1) is 22.3. The van der Waals surface area contributed by atoms with Crippen molar-refractivity contribution >= 4 is 33.3 Å². The van der Waals surface area contributed by atoms with Gasteiger partial charge < -0.3 is 14.8 Å². The van der Waals surface area contributed by atoms with E-state index >= 15 is 0 Å². The maximum atomic E-state index is 13.0. The van der Waals surface area contributed by atoms with Crippen LogP contribution in [0.3, 0.4) is 0 Å². The monoisotopic (exact) mass is 496 g/mol. The fourth-order valence-corrected chi connectivity index (χ4v) is 5.68. The number of amides is 1. The molecule has 0 aliphatic carbocycles. The first-order chi connectivity index (χ1) is 17.6. The summed E-state index contributed by atoms with van der Waals surface area (Å²) in [6.45, 7) is 2.36. The Bertz CT molecular complexity index is 1540. The van der Waals surface area contributed by atoms with Crippen molar-refractivity contribution in [2.45, 2.75) is 25.9 Å². The molecule has 1 N–H and O–H groups in total. The number of carbonyl (C=O) groups excluding carboxylic acids is 1. The van der Waals surface area contributed by atoms with Crippen LogP contribution in [-0.4, -0.2) is 27.8 Å². The first-order valence-corrected chi connectivity index (χ1v) is 12.5. The molecule has 2 aromatic heterocycles. The van der Waals surface area contributed by atoms with Gasteiger partial charge in [-0.05, 0) is 30.7 Å². The molecule has 0 bridgehead atoms. The third-order valence-corrected chi connectivity index (χ3v) is 7.41. The van der Waals surface area contributed by atoms with Crippen LogP contribution < -0.4 is 14.8 Å². The number of aryl methyl sites for hydroxylation is 1. The average molecular weight is 497 g/mol. The molecule has 6 rings (SSSR count). The van der Waals surface area contributed by atoms with Crippen molar-refractivity contribution in [1.29, 1.82) is 0 Å². The number of fused-ring (bicyclic) bond motifs is 2. The van der Waals surface area contributed by atoms with E-state index in [4.69, 9.17) is 19.6 Å². The number of anilines is 1. The Labute approximate surface area is 212 Å². The van der Waals surface area contributed by atoms with Gasteiger partial charge in [-0.3, -0.25) is 4.79 Å². The lowest BCUT2D eigenvalue weighted by Gasteiger charge is -2.26. The normalized spacial score (nSPS) is 14.9. The molecule has 0 radical (unpaired) electrons. The molecular weight excluding hydrogens is 472 g/mol. The number of ether oxygens (including phenoxy) is 2. The first-order valence-electron chi connectivity index (χ1n) is 11.7. The summed E-state index contributed by atoms with van der Waals surface area (Å²) in [6.07, 6.45) is 0.286. The zero-order chi connectivity index (χ0) is 24.6. The summed E-state index contributed by atoms with van der Waals surface area (Å²) in [6, 6.07) is 23.8. The third-order valence-electron chi connectivity index (χ3n) is 6.40. The van der Waals surface area contributed by atoms with Crippen molar-refractivity contribution in [3.63, 3.8) is 0 Å². The van der Waals surface area contributed by atoms with Crippen molar-refractivity contribution in [2.75, 3.05) is 12.4 Å². The van der Waals surface area contributed by atoms with Crippen molar-refractivity contribution in [2.24, 2.45) is 0 Å². The molecule has 0 saturated heterocycles. The van der Waals surface area contributed by atoms with Crippen molar-refractivity contribution in [3.05, 3.63) is 95.2 Å². The lowest BCUT2D eigenvalue weighted by atomic mass is 9.85. The van der Waals surface area contributed by atoms with E-state index in [-0.39, 0.29) is 18.2 Å². The zero-order valence-electron chi connectivity index (χ0n) is 19.9. The highest BCUT2D eigenvalue weighted by molar-refractivity contribution is 7.20. The van der Waals surface area contributed by atoms with E-state index in [1.807, 2.05) is 79.7 Å². The van der Waals surface area contributed by atoms with Crippen LogP contribution in [-0.2, 0) is 11.4 Å². The van der Waals surface area contributed by atoms with Crippen molar-refractivity contribution in [3.8, 4) is 16.6 Å². The van der Waals surface area contributed by atoms with Crippen LogP contribution in [0.5, 0.6) is 11.5 Å². The molecule has 0 fully saturated rings. The van der Waals surface area contributed by atoms with Gasteiger partial charge in [-0.1, -0.05) is 65.9 Å². The van der Waals surface area contributed by atoms with Gasteiger partial charge >= 0.3 is 0 Å². The van der Waals surface area contributed by atoms with Gasteiger partial charge in [0, 0.05) is 23.5 Å². The van der Waals surface area contributed by atoms with Crippen LogP contribution in [0.15, 0.2) is 72.8 Å². The molecule has 36 heavy (non-hydrogen) atoms. The van der Waals surface area contributed by atoms with Gasteiger partial charge in [0.15, 0.2) is 11.5 Å². The molecule has 0 saturated carbocycles. The van der Waals surface area contributed by atoms with E-state index in [2.05, 4.69) is 5.32 Å². The van der Waals surface area contributed by atoms with Crippen molar-refractivity contribution < 1.29 is 14.3 Å². The van der Waals surface area contributed by atoms with Crippen LogP contribution in [0.4, 0.5) is 5.82 Å². The number of nitrogens with one attached hydrogen (secondary N) is 1. The molecule has 5 aromatic rings. The fourth-order valence-electron chi connectivity index (χ4n) is 4.75. The number of benzene rings is 3. The maximum absolute atomic E-state index is 13.0. The Morgan fingerprint density at radius 2 is 1.86 bits per heavy atom. The van der Waals surface area contributed by atoms with Gasteiger partial charge in [0.05, 0.1) is 23.0 Å². The van der Waals surface area contributed by atoms with Crippen LogP contribution in [0, 0.1) is 6.92 Å². The van der Waals surface area contributed by atoms with Gasteiger partial charge in [0.2, 0.25) is 11.0 Å². The summed E-state index contributed by atoms with van der Waals surface area (Å²) < 4.78 is 14.8. The minimum absolute atomic E-state index is 0.0772. The molecule has 1 aliphatic rings. The zero-order valence-corrected chi connectivity index (χ0v) is 20.7. The van der Waals surface area contributed by atoms with E-state index < -0.39 is 0 Å². The Kier molecular flexibility index (Phi) is 5.65. The predicted octanol–water partition coefficient (Wildman–Crippen LogP) is 5.85. The van der Waals surface area contributed by atoms with E-state index in [9.17, 15) is 4.79 Å². The lowest BCUT2D eigenvalue weighted by Crippen LogP contribution is -2.25. The number of rotatable bonds is 6. The van der Waals surface area contributed by atoms with E-state index in [1.165, 1.54) is 0 Å². The Hall–Kier alpha value is -4.17. The SMILES string of the molecule is COc1cccc([C@H]2CC(=O)Nc3c2c(C)nn3-c2nc3ccccc3s2)c1OCc1ccccc1. The van der Waals surface area contributed by atoms with E-state index in [1.54, 1.807) is 23.1 Å². The number of hydrogen-bond acceptors (Lipinski definition) is 6. The smallest absolute Gasteiger partial charge is 0.226 e. The molecule has 1 atom stereocenters. The van der Waals surface area contributed by atoms with Crippen molar-refractivity contribution in [1.82, 2.24) is 14.8 Å². The van der Waals surface area contributed by atoms with Crippen LogP contribution >= 0.6 is 11.3 Å². The lowest BCUT2D eigenvalue weighted by molar-refractivity contribution is -0.116. The Morgan fingerprint density at radius 3 is 2.67 bits per heavy atom. The van der Waals surface area contributed by atoms with Gasteiger partial charge in [-0.2, -0.15) is 9.78 Å². The highest BCUT2D eigenvalue weighted by atomic mass is 32.1. The third kappa shape index (κ3) is 3.89. The molecule has 8 heteroatoms. The summed E-state index contributed by atoms with van der Waals surface area (Å²) in [5.74, 6) is 1.61. The molecule has 3 heterocycles. The Morgan fingerprint density at radius 1 is 1.06 bits per heavy atom. The van der Waals surface area contributed by atoms with E-state index in [0.717, 1.165) is 32.6 Å². The number of carbonyl (C=O) groups is 1. The average Bonchev–Trinajstić information content (AvgIpc) is 3.48. The highest BCUT2D eigenvalue weighted by Gasteiger charge is 2.35. The molecular formula is C28H24N4O3S. The molecule has 3 aromatic carbocycles. The molecule has 7 nitrogen and oxygen atoms in total. The highest BCUT2D eigenvalue weighted by Crippen LogP contribution is 2.46. The Balaban J connectivity index is 1.45. The van der Waals surface area contributed by atoms with Gasteiger partial charge in [0.25, 0.3) is 0 Å². The van der Waals surface area contributed by atoms with Crippen LogP contribution in [0.2, 0.25) is 0 Å².